The van der Waals surface area contributed by atoms with Gasteiger partial charge in [0.05, 0.1) is 5.25 Å². The second-order valence-electron chi connectivity index (χ2n) is 5.49. The lowest BCUT2D eigenvalue weighted by atomic mass is 9.87. The van der Waals surface area contributed by atoms with Crippen molar-refractivity contribution in [1.82, 2.24) is 5.32 Å². The monoisotopic (exact) mass is 343 g/mol. The summed E-state index contributed by atoms with van der Waals surface area (Å²) < 4.78 is 0. The van der Waals surface area contributed by atoms with Gasteiger partial charge >= 0.3 is 5.97 Å². The van der Waals surface area contributed by atoms with Crippen LogP contribution in [0.1, 0.15) is 25.8 Å². The van der Waals surface area contributed by atoms with E-state index < -0.39 is 16.8 Å². The number of amides is 1. The highest BCUT2D eigenvalue weighted by molar-refractivity contribution is 8.00. The molecule has 0 aliphatic heterocycles. The van der Waals surface area contributed by atoms with Crippen molar-refractivity contribution in [3.63, 3.8) is 0 Å². The number of carbonyl (C=O) groups is 2. The van der Waals surface area contributed by atoms with Crippen LogP contribution < -0.4 is 5.32 Å². The third-order valence-electron chi connectivity index (χ3n) is 3.92. The van der Waals surface area contributed by atoms with Crippen molar-refractivity contribution in [2.75, 3.05) is 0 Å². The zero-order valence-electron chi connectivity index (χ0n) is 13.7. The molecule has 0 fully saturated rings. The molecule has 5 heteroatoms. The van der Waals surface area contributed by atoms with Crippen LogP contribution in [-0.2, 0) is 15.1 Å². The summed E-state index contributed by atoms with van der Waals surface area (Å²) in [5, 5.41) is 12.1. The molecule has 0 aliphatic rings. The van der Waals surface area contributed by atoms with E-state index in [2.05, 4.69) is 5.32 Å². The molecule has 0 unspecified atom stereocenters. The molecule has 0 saturated heterocycles. The first-order chi connectivity index (χ1) is 11.5. The Morgan fingerprint density at radius 3 is 2.12 bits per heavy atom. The van der Waals surface area contributed by atoms with E-state index in [4.69, 9.17) is 0 Å². The van der Waals surface area contributed by atoms with Gasteiger partial charge in [0, 0.05) is 4.90 Å². The van der Waals surface area contributed by atoms with Gasteiger partial charge in [0.25, 0.3) is 0 Å². The van der Waals surface area contributed by atoms with E-state index in [0.29, 0.717) is 5.56 Å². The molecule has 2 N–H and O–H groups in total. The molecule has 0 radical (unpaired) electrons. The molecule has 0 heterocycles. The summed E-state index contributed by atoms with van der Waals surface area (Å²) in [4.78, 5) is 25.5. The van der Waals surface area contributed by atoms with E-state index in [1.54, 1.807) is 38.1 Å². The fourth-order valence-electron chi connectivity index (χ4n) is 2.48. The summed E-state index contributed by atoms with van der Waals surface area (Å²) in [5.41, 5.74) is -0.839. The number of thioether (sulfide) groups is 1. The maximum Gasteiger partial charge on any atom is 0.334 e. The number of carbonyl (C=O) groups excluding carboxylic acids is 1. The molecule has 0 aliphatic carbocycles. The number of carboxylic acids is 1. The molecule has 2 aromatic rings. The molecule has 2 atom stereocenters. The van der Waals surface area contributed by atoms with Crippen LogP contribution >= 0.6 is 11.8 Å². The van der Waals surface area contributed by atoms with E-state index in [0.717, 1.165) is 4.90 Å². The Labute approximate surface area is 146 Å². The molecule has 1 amide bonds. The first-order valence-corrected chi connectivity index (χ1v) is 8.70. The minimum atomic E-state index is -1.41. The van der Waals surface area contributed by atoms with Gasteiger partial charge in [-0.2, -0.15) is 0 Å². The molecule has 4 nitrogen and oxygen atoms in total. The maximum absolute atomic E-state index is 12.6. The lowest BCUT2D eigenvalue weighted by molar-refractivity contribution is -0.148. The second kappa shape index (κ2) is 8.02. The number of nitrogens with one attached hydrogen (secondary N) is 1. The topological polar surface area (TPSA) is 66.4 Å². The predicted molar refractivity (Wildman–Crippen MR) is 96.0 cm³/mol. The van der Waals surface area contributed by atoms with Gasteiger partial charge in [0.2, 0.25) is 5.91 Å². The number of aliphatic carboxylic acids is 1. The molecule has 0 saturated carbocycles. The molecule has 2 aromatic carbocycles. The zero-order chi connectivity index (χ0) is 17.6. The van der Waals surface area contributed by atoms with Gasteiger partial charge in [-0.25, -0.2) is 4.79 Å². The first kappa shape index (κ1) is 18.1. The molecule has 24 heavy (non-hydrogen) atoms. The Morgan fingerprint density at radius 2 is 1.62 bits per heavy atom. The third kappa shape index (κ3) is 3.97. The highest BCUT2D eigenvalue weighted by atomic mass is 32.2. The van der Waals surface area contributed by atoms with Crippen molar-refractivity contribution in [1.29, 1.82) is 0 Å². The maximum atomic E-state index is 12.6. The van der Waals surface area contributed by atoms with Crippen molar-refractivity contribution in [2.45, 2.75) is 36.0 Å². The van der Waals surface area contributed by atoms with Crippen molar-refractivity contribution >= 4 is 23.6 Å². The largest absolute Gasteiger partial charge is 0.479 e. The molecule has 126 valence electrons. The average Bonchev–Trinajstić information content (AvgIpc) is 2.60. The van der Waals surface area contributed by atoms with Crippen molar-refractivity contribution in [3.05, 3.63) is 66.2 Å². The van der Waals surface area contributed by atoms with Crippen LogP contribution in [0.3, 0.4) is 0 Å². The van der Waals surface area contributed by atoms with E-state index in [1.807, 2.05) is 36.4 Å². The van der Waals surface area contributed by atoms with Crippen molar-refractivity contribution in [3.8, 4) is 0 Å². The minimum absolute atomic E-state index is 0.265. The minimum Gasteiger partial charge on any atom is -0.479 e. The Bertz CT molecular complexity index is 690. The lowest BCUT2D eigenvalue weighted by Crippen LogP contribution is -2.53. The summed E-state index contributed by atoms with van der Waals surface area (Å²) in [6, 6.07) is 18.4. The normalized spacial score (nSPS) is 14.4. The predicted octanol–water partition coefficient (Wildman–Crippen LogP) is 3.67. The molecule has 0 aromatic heterocycles. The number of rotatable bonds is 7. The molecule has 2 rings (SSSR count). The van der Waals surface area contributed by atoms with Crippen LogP contribution in [0.5, 0.6) is 0 Å². The smallest absolute Gasteiger partial charge is 0.334 e. The van der Waals surface area contributed by atoms with Gasteiger partial charge in [0.15, 0.2) is 5.54 Å². The lowest BCUT2D eigenvalue weighted by Gasteiger charge is -2.31. The molecule has 0 spiro atoms. The van der Waals surface area contributed by atoms with Crippen molar-refractivity contribution in [2.24, 2.45) is 0 Å². The summed E-state index contributed by atoms with van der Waals surface area (Å²) in [5.74, 6) is -1.35. The summed E-state index contributed by atoms with van der Waals surface area (Å²) in [6.45, 7) is 3.54. The van der Waals surface area contributed by atoms with Crippen LogP contribution in [-0.4, -0.2) is 22.2 Å². The summed E-state index contributed by atoms with van der Waals surface area (Å²) in [6.07, 6.45) is 0.265. The van der Waals surface area contributed by atoms with E-state index >= 15 is 0 Å². The Hall–Kier alpha value is -2.27. The van der Waals surface area contributed by atoms with Gasteiger partial charge in [0.1, 0.15) is 0 Å². The third-order valence-corrected chi connectivity index (χ3v) is 5.04. The fourth-order valence-corrected chi connectivity index (χ4v) is 3.37. The first-order valence-electron chi connectivity index (χ1n) is 7.82. The number of hydrogen-bond donors (Lipinski definition) is 2. The van der Waals surface area contributed by atoms with Crippen LogP contribution in [0, 0.1) is 0 Å². The standard InChI is InChI=1S/C19H21NO3S/c1-3-19(18(22)23,15-10-6-4-7-11-15)20-17(21)14(2)24-16-12-8-5-9-13-16/h4-14H,3H2,1-2H3,(H,20,21)(H,22,23)/t14-,19-/m0/s1. The van der Waals surface area contributed by atoms with Crippen LogP contribution in [0.4, 0.5) is 0 Å². The molecular formula is C19H21NO3S. The van der Waals surface area contributed by atoms with Gasteiger partial charge in [-0.3, -0.25) is 4.79 Å². The second-order valence-corrected chi connectivity index (χ2v) is 6.91. The van der Waals surface area contributed by atoms with Crippen molar-refractivity contribution < 1.29 is 14.7 Å². The Kier molecular flexibility index (Phi) is 6.04. The number of carboxylic acid groups (broad SMARTS) is 1. The Morgan fingerprint density at radius 1 is 1.08 bits per heavy atom. The van der Waals surface area contributed by atoms with Gasteiger partial charge in [-0.1, -0.05) is 55.5 Å². The summed E-state index contributed by atoms with van der Waals surface area (Å²) in [7, 11) is 0. The van der Waals surface area contributed by atoms with Crippen LogP contribution in [0.25, 0.3) is 0 Å². The number of benzene rings is 2. The fraction of sp³-hybridized carbons (Fsp3) is 0.263. The number of hydrogen-bond acceptors (Lipinski definition) is 3. The highest BCUT2D eigenvalue weighted by Crippen LogP contribution is 2.28. The zero-order valence-corrected chi connectivity index (χ0v) is 14.5. The van der Waals surface area contributed by atoms with Gasteiger partial charge < -0.3 is 10.4 Å². The average molecular weight is 343 g/mol. The van der Waals surface area contributed by atoms with E-state index in [9.17, 15) is 14.7 Å². The molecule has 0 bridgehead atoms. The van der Waals surface area contributed by atoms with E-state index in [-0.39, 0.29) is 12.3 Å². The van der Waals surface area contributed by atoms with Gasteiger partial charge in [-0.05, 0) is 31.0 Å². The van der Waals surface area contributed by atoms with E-state index in [1.165, 1.54) is 11.8 Å². The highest BCUT2D eigenvalue weighted by Gasteiger charge is 2.41. The van der Waals surface area contributed by atoms with Gasteiger partial charge in [-0.15, -0.1) is 11.8 Å². The summed E-state index contributed by atoms with van der Waals surface area (Å²) >= 11 is 1.40. The Balaban J connectivity index is 2.20. The SMILES string of the molecule is CC[C@@](NC(=O)[C@H](C)Sc1ccccc1)(C(=O)O)c1ccccc1. The van der Waals surface area contributed by atoms with Crippen LogP contribution in [0.15, 0.2) is 65.6 Å². The molecular weight excluding hydrogens is 322 g/mol. The quantitative estimate of drug-likeness (QED) is 0.753. The van der Waals surface area contributed by atoms with Crippen LogP contribution in [0.2, 0.25) is 0 Å².